The van der Waals surface area contributed by atoms with Gasteiger partial charge in [-0.1, -0.05) is 44.2 Å². The lowest BCUT2D eigenvalue weighted by atomic mass is 9.91. The van der Waals surface area contributed by atoms with E-state index in [0.717, 1.165) is 36.0 Å². The first kappa shape index (κ1) is 21.4. The van der Waals surface area contributed by atoms with Gasteiger partial charge in [-0.15, -0.1) is 0 Å². The molecule has 0 spiro atoms. The summed E-state index contributed by atoms with van der Waals surface area (Å²) in [6.07, 6.45) is 3.61. The monoisotopic (exact) mass is 445 g/mol. The lowest BCUT2D eigenvalue weighted by Gasteiger charge is -2.37. The van der Waals surface area contributed by atoms with Gasteiger partial charge >= 0.3 is 0 Å². The number of aromatic amines is 1. The topological polar surface area (TPSA) is 56.4 Å². The molecule has 6 heteroatoms. The van der Waals surface area contributed by atoms with Gasteiger partial charge in [0.25, 0.3) is 11.8 Å². The quantitative estimate of drug-likeness (QED) is 0.584. The zero-order chi connectivity index (χ0) is 23.1. The van der Waals surface area contributed by atoms with E-state index in [0.29, 0.717) is 41.6 Å². The SMILES string of the molecule is CC1CC(C)CN(C2=C(c3ccc(F)cc3)C(=O)N(CCc3c[nH]c4ccccc34)C2=O)C1. The number of rotatable bonds is 5. The van der Waals surface area contributed by atoms with Crippen LogP contribution in [0.4, 0.5) is 4.39 Å². The molecule has 2 aliphatic rings. The largest absolute Gasteiger partial charge is 0.366 e. The number of hydrogen-bond acceptors (Lipinski definition) is 3. The van der Waals surface area contributed by atoms with E-state index >= 15 is 0 Å². The maximum atomic E-state index is 13.6. The number of amides is 2. The van der Waals surface area contributed by atoms with Gasteiger partial charge in [-0.2, -0.15) is 0 Å². The summed E-state index contributed by atoms with van der Waals surface area (Å²) in [7, 11) is 0. The van der Waals surface area contributed by atoms with Crippen LogP contribution in [0.2, 0.25) is 0 Å². The Labute approximate surface area is 192 Å². The second-order valence-corrected chi connectivity index (χ2v) is 9.45. The standard InChI is InChI=1S/C27H28FN3O2/c1-17-13-18(2)16-30(15-17)25-24(19-7-9-21(28)10-8-19)26(32)31(27(25)33)12-11-20-14-29-23-6-4-3-5-22(20)23/h3-10,14,17-18,29H,11-13,15-16H2,1-2H3. The number of halogens is 1. The third-order valence-electron chi connectivity index (χ3n) is 6.74. The van der Waals surface area contributed by atoms with Crippen LogP contribution in [0.5, 0.6) is 0 Å². The molecular formula is C27H28FN3O2. The van der Waals surface area contributed by atoms with Crippen LogP contribution in [-0.2, 0) is 16.0 Å². The normalized spacial score (nSPS) is 21.5. The summed E-state index contributed by atoms with van der Waals surface area (Å²) >= 11 is 0. The van der Waals surface area contributed by atoms with E-state index in [1.54, 1.807) is 12.1 Å². The molecule has 0 radical (unpaired) electrons. The van der Waals surface area contributed by atoms with Crippen molar-refractivity contribution in [2.24, 2.45) is 11.8 Å². The summed E-state index contributed by atoms with van der Waals surface area (Å²) in [6.45, 7) is 6.12. The number of aromatic nitrogens is 1. The van der Waals surface area contributed by atoms with Crippen LogP contribution < -0.4 is 0 Å². The van der Waals surface area contributed by atoms with Crippen LogP contribution in [0.15, 0.2) is 60.4 Å². The first-order valence-electron chi connectivity index (χ1n) is 11.6. The Kier molecular flexibility index (Phi) is 5.52. The van der Waals surface area contributed by atoms with Gasteiger partial charge in [0.2, 0.25) is 0 Å². The average molecular weight is 446 g/mol. The fourth-order valence-electron chi connectivity index (χ4n) is 5.35. The number of likely N-dealkylation sites (tertiary alicyclic amines) is 1. The molecule has 2 atom stereocenters. The van der Waals surface area contributed by atoms with Crippen LogP contribution in [0.25, 0.3) is 16.5 Å². The molecule has 1 aromatic heterocycles. The lowest BCUT2D eigenvalue weighted by molar-refractivity contribution is -0.137. The van der Waals surface area contributed by atoms with Gasteiger partial charge in [0.1, 0.15) is 11.5 Å². The van der Waals surface area contributed by atoms with Gasteiger partial charge in [0, 0.05) is 36.7 Å². The average Bonchev–Trinajstić information content (AvgIpc) is 3.30. The highest BCUT2D eigenvalue weighted by Crippen LogP contribution is 2.35. The highest BCUT2D eigenvalue weighted by Gasteiger charge is 2.42. The molecule has 1 fully saturated rings. The van der Waals surface area contributed by atoms with Gasteiger partial charge in [-0.3, -0.25) is 14.5 Å². The molecule has 3 heterocycles. The summed E-state index contributed by atoms with van der Waals surface area (Å²) in [6, 6.07) is 13.9. The summed E-state index contributed by atoms with van der Waals surface area (Å²) in [5, 5.41) is 1.10. The molecule has 0 aliphatic carbocycles. The zero-order valence-electron chi connectivity index (χ0n) is 19.0. The van der Waals surface area contributed by atoms with Crippen LogP contribution in [0.3, 0.4) is 0 Å². The van der Waals surface area contributed by atoms with E-state index < -0.39 is 0 Å². The van der Waals surface area contributed by atoms with E-state index in [1.165, 1.54) is 17.0 Å². The van der Waals surface area contributed by atoms with E-state index in [2.05, 4.69) is 23.7 Å². The fraction of sp³-hybridized carbons (Fsp3) is 0.333. The predicted molar refractivity (Wildman–Crippen MR) is 127 cm³/mol. The van der Waals surface area contributed by atoms with Crippen molar-refractivity contribution in [2.45, 2.75) is 26.7 Å². The second kappa shape index (κ2) is 8.50. The molecule has 0 bridgehead atoms. The second-order valence-electron chi connectivity index (χ2n) is 9.45. The van der Waals surface area contributed by atoms with Crippen LogP contribution in [0.1, 0.15) is 31.4 Å². The van der Waals surface area contributed by atoms with Gasteiger partial charge in [-0.05, 0) is 54.0 Å². The van der Waals surface area contributed by atoms with Gasteiger partial charge in [-0.25, -0.2) is 4.39 Å². The molecule has 5 rings (SSSR count). The predicted octanol–water partition coefficient (Wildman–Crippen LogP) is 4.61. The van der Waals surface area contributed by atoms with Crippen LogP contribution >= 0.6 is 0 Å². The molecule has 3 aromatic rings. The summed E-state index contributed by atoms with van der Waals surface area (Å²) in [5.74, 6) is -0.0559. The maximum Gasteiger partial charge on any atom is 0.277 e. The molecule has 5 nitrogen and oxygen atoms in total. The number of hydrogen-bond donors (Lipinski definition) is 1. The molecule has 1 saturated heterocycles. The number of benzene rings is 2. The van der Waals surface area contributed by atoms with Crippen molar-refractivity contribution in [1.29, 1.82) is 0 Å². The summed E-state index contributed by atoms with van der Waals surface area (Å²) in [4.78, 5) is 33.9. The Bertz CT molecular complexity index is 1230. The van der Waals surface area contributed by atoms with Gasteiger partial charge in [0.15, 0.2) is 0 Å². The Balaban J connectivity index is 1.47. The van der Waals surface area contributed by atoms with E-state index in [4.69, 9.17) is 0 Å². The molecule has 2 unspecified atom stereocenters. The number of fused-ring (bicyclic) bond motifs is 1. The Morgan fingerprint density at radius 1 is 0.970 bits per heavy atom. The smallest absolute Gasteiger partial charge is 0.277 e. The summed E-state index contributed by atoms with van der Waals surface area (Å²) < 4.78 is 13.6. The van der Waals surface area contributed by atoms with Gasteiger partial charge < -0.3 is 9.88 Å². The third-order valence-corrected chi connectivity index (χ3v) is 6.74. The molecule has 170 valence electrons. The van der Waals surface area contributed by atoms with Gasteiger partial charge in [0.05, 0.1) is 5.57 Å². The van der Waals surface area contributed by atoms with Crippen molar-refractivity contribution >= 4 is 28.3 Å². The van der Waals surface area contributed by atoms with E-state index in [9.17, 15) is 14.0 Å². The number of H-pyrrole nitrogens is 1. The van der Waals surface area contributed by atoms with E-state index in [-0.39, 0.29) is 17.6 Å². The highest BCUT2D eigenvalue weighted by molar-refractivity contribution is 6.35. The lowest BCUT2D eigenvalue weighted by Crippen LogP contribution is -2.42. The molecular weight excluding hydrogens is 417 g/mol. The van der Waals surface area contributed by atoms with Crippen LogP contribution in [-0.4, -0.2) is 46.2 Å². The Morgan fingerprint density at radius 3 is 2.39 bits per heavy atom. The summed E-state index contributed by atoms with van der Waals surface area (Å²) in [5.41, 5.74) is 3.55. The number of carbonyl (C=O) groups excluding carboxylic acids is 2. The first-order valence-corrected chi connectivity index (χ1v) is 11.6. The number of nitrogens with one attached hydrogen (secondary N) is 1. The number of piperidine rings is 1. The highest BCUT2D eigenvalue weighted by atomic mass is 19.1. The minimum Gasteiger partial charge on any atom is -0.366 e. The number of para-hydroxylation sites is 1. The van der Waals surface area contributed by atoms with E-state index in [1.807, 2.05) is 30.5 Å². The first-order chi connectivity index (χ1) is 15.9. The Morgan fingerprint density at radius 2 is 1.67 bits per heavy atom. The minimum absolute atomic E-state index is 0.250. The molecule has 1 N–H and O–H groups in total. The molecule has 0 saturated carbocycles. The van der Waals surface area contributed by atoms with Crippen molar-refractivity contribution in [2.75, 3.05) is 19.6 Å². The third kappa shape index (κ3) is 3.94. The maximum absolute atomic E-state index is 13.6. The van der Waals surface area contributed by atoms with Crippen LogP contribution in [0, 0.1) is 17.7 Å². The number of carbonyl (C=O) groups is 2. The molecule has 33 heavy (non-hydrogen) atoms. The zero-order valence-corrected chi connectivity index (χ0v) is 19.0. The number of nitrogens with zero attached hydrogens (tertiary/aromatic N) is 2. The fourth-order valence-corrected chi connectivity index (χ4v) is 5.35. The van der Waals surface area contributed by atoms with Crippen molar-refractivity contribution < 1.29 is 14.0 Å². The molecule has 2 aromatic carbocycles. The van der Waals surface area contributed by atoms with Crippen molar-refractivity contribution in [3.8, 4) is 0 Å². The van der Waals surface area contributed by atoms with Crippen molar-refractivity contribution in [3.05, 3.63) is 77.4 Å². The van der Waals surface area contributed by atoms with Crippen molar-refractivity contribution in [1.82, 2.24) is 14.8 Å². The number of imide groups is 1. The molecule has 2 amide bonds. The minimum atomic E-state index is -0.367. The van der Waals surface area contributed by atoms with Crippen molar-refractivity contribution in [3.63, 3.8) is 0 Å². The Hall–Kier alpha value is -3.41. The molecule has 2 aliphatic heterocycles.